The number of aryl methyl sites for hydroxylation is 4. The number of pyridine rings is 4. The number of aromatic nitrogens is 4. The summed E-state index contributed by atoms with van der Waals surface area (Å²) in [5, 5.41) is 6.31. The van der Waals surface area contributed by atoms with Crippen molar-refractivity contribution in [3.63, 3.8) is 0 Å². The average molecular weight is 1230 g/mol. The third-order valence-corrected chi connectivity index (χ3v) is 18.8. The fourth-order valence-corrected chi connectivity index (χ4v) is 13.6. The van der Waals surface area contributed by atoms with Gasteiger partial charge in [-0.15, -0.1) is 45.3 Å². The van der Waals surface area contributed by atoms with Crippen LogP contribution in [0.2, 0.25) is 0 Å². The maximum absolute atomic E-state index is 12.4. The zero-order valence-corrected chi connectivity index (χ0v) is 49.4. The number of hydrogen-bond acceptors (Lipinski definition) is 12. The molecule has 0 spiro atoms. The number of nitrogens with zero attached hydrogens (tertiary/aromatic N) is 4. The van der Waals surface area contributed by atoms with E-state index < -0.39 is 0 Å². The highest BCUT2D eigenvalue weighted by Crippen LogP contribution is 2.31. The summed E-state index contributed by atoms with van der Waals surface area (Å²) >= 11 is 13.0. The van der Waals surface area contributed by atoms with Crippen LogP contribution in [0.15, 0.2) is 190 Å². The number of hydrogen-bond donors (Lipinski definition) is 0. The summed E-state index contributed by atoms with van der Waals surface area (Å²) in [4.78, 5) is 72.4. The van der Waals surface area contributed by atoms with Crippen LogP contribution in [-0.2, 0) is 25.7 Å². The molecule has 0 fully saturated rings. The van der Waals surface area contributed by atoms with Crippen molar-refractivity contribution in [2.75, 3.05) is 0 Å². The van der Waals surface area contributed by atoms with Crippen LogP contribution >= 0.6 is 77.2 Å². The molecule has 8 heterocycles. The Morgan fingerprint density at radius 1 is 0.410 bits per heavy atom. The number of ketones is 4. The predicted octanol–water partition coefficient (Wildman–Crippen LogP) is 17.6. The molecule has 78 heavy (non-hydrogen) atoms. The molecule has 0 radical (unpaired) electrons. The van der Waals surface area contributed by atoms with Gasteiger partial charge in [0.25, 0.3) is 0 Å². The van der Waals surface area contributed by atoms with Crippen LogP contribution in [0, 0.1) is 27.7 Å². The standard InChI is InChI=1S/2C16H12BrNOS.2C16H13NOS/c1-10-8-14(20-16(10)17)13(19)9-12-5-2-4-11-6-3-7-18-15(11)12;1-10-8-13(17)16(20-10)14(19)9-12-5-2-4-11-6-3-7-18-15(11)12;1-11-7-8-15(19-11)14(18)10-13-5-2-4-12-6-3-9-17-16(12)13;1-11-8-15(19-10-11)14(18)9-13-5-2-4-12-6-3-7-17-16(12)13/h2*2-8H,9H2,1H3;2-9H,10H2,1H3;2-8,10H,9H2,1H3. The normalized spacial score (nSPS) is 10.8. The van der Waals surface area contributed by atoms with E-state index in [1.165, 1.54) is 38.9 Å². The van der Waals surface area contributed by atoms with Crippen molar-refractivity contribution in [1.82, 2.24) is 19.9 Å². The van der Waals surface area contributed by atoms with Gasteiger partial charge in [-0.1, -0.05) is 97.1 Å². The maximum atomic E-state index is 12.4. The third-order valence-electron chi connectivity index (χ3n) is 12.5. The molecular formula is C64H50Br2N4O4S4. The lowest BCUT2D eigenvalue weighted by atomic mass is 10.0. The van der Waals surface area contributed by atoms with Crippen LogP contribution in [0.5, 0.6) is 0 Å². The maximum Gasteiger partial charge on any atom is 0.178 e. The first-order valence-electron chi connectivity index (χ1n) is 24.8. The predicted molar refractivity (Wildman–Crippen MR) is 331 cm³/mol. The zero-order valence-electron chi connectivity index (χ0n) is 43.0. The molecule has 0 aliphatic rings. The summed E-state index contributed by atoms with van der Waals surface area (Å²) in [7, 11) is 0. The van der Waals surface area contributed by atoms with Gasteiger partial charge in [0.1, 0.15) is 0 Å². The SMILES string of the molecule is Cc1cc(Br)c(C(=O)Cc2cccc3cccnc23)s1.Cc1cc(C(=O)Cc2cccc3cccnc23)sc1Br.Cc1ccc(C(=O)Cc2cccc3cccnc23)s1.Cc1csc(C(=O)Cc2cccc3cccnc23)c1. The van der Waals surface area contributed by atoms with Gasteiger partial charge >= 0.3 is 0 Å². The van der Waals surface area contributed by atoms with Crippen LogP contribution in [-0.4, -0.2) is 43.1 Å². The monoisotopic (exact) mass is 1220 g/mol. The van der Waals surface area contributed by atoms with Gasteiger partial charge in [-0.3, -0.25) is 39.1 Å². The van der Waals surface area contributed by atoms with E-state index in [0.717, 1.165) is 110 Å². The molecule has 0 amide bonds. The molecule has 0 aliphatic heterocycles. The minimum absolute atomic E-state index is 0.133. The number of fused-ring (bicyclic) bond motifs is 4. The second kappa shape index (κ2) is 26.1. The van der Waals surface area contributed by atoms with E-state index in [9.17, 15) is 19.2 Å². The number of para-hydroxylation sites is 4. The number of rotatable bonds is 12. The van der Waals surface area contributed by atoms with E-state index in [-0.39, 0.29) is 23.1 Å². The minimum atomic E-state index is 0.133. The van der Waals surface area contributed by atoms with Crippen LogP contribution in [0.1, 0.15) is 81.8 Å². The average Bonchev–Trinajstić information content (AvgIpc) is 4.28. The van der Waals surface area contributed by atoms with Crippen molar-refractivity contribution in [3.8, 4) is 0 Å². The van der Waals surface area contributed by atoms with E-state index >= 15 is 0 Å². The van der Waals surface area contributed by atoms with Gasteiger partial charge in [0, 0.05) is 86.2 Å². The molecule has 8 aromatic heterocycles. The first kappa shape index (κ1) is 55.7. The summed E-state index contributed by atoms with van der Waals surface area (Å²) in [5.74, 6) is 0.600. The topological polar surface area (TPSA) is 120 Å². The van der Waals surface area contributed by atoms with Crippen molar-refractivity contribution in [2.45, 2.75) is 53.4 Å². The fourth-order valence-electron chi connectivity index (χ4n) is 8.71. The van der Waals surface area contributed by atoms with Gasteiger partial charge in [0.2, 0.25) is 0 Å². The van der Waals surface area contributed by atoms with E-state index in [1.54, 1.807) is 36.1 Å². The Hall–Kier alpha value is -7.04. The smallest absolute Gasteiger partial charge is 0.178 e. The zero-order chi connectivity index (χ0) is 54.7. The van der Waals surface area contributed by atoms with Gasteiger partial charge in [-0.05, 0) is 153 Å². The summed E-state index contributed by atoms with van der Waals surface area (Å²) in [6, 6.07) is 49.4. The second-order valence-corrected chi connectivity index (χ2v) is 25.0. The summed E-state index contributed by atoms with van der Waals surface area (Å²) in [5.41, 5.74) is 9.87. The molecule has 0 saturated heterocycles. The lowest BCUT2D eigenvalue weighted by Crippen LogP contribution is -2.03. The number of carbonyl (C=O) groups is 4. The Morgan fingerprint density at radius 3 is 1.18 bits per heavy atom. The fraction of sp³-hybridized carbons (Fsp3) is 0.125. The summed E-state index contributed by atoms with van der Waals surface area (Å²) in [6.45, 7) is 8.02. The molecular weight excluding hydrogens is 1180 g/mol. The third kappa shape index (κ3) is 14.0. The quantitative estimate of drug-likeness (QED) is 0.111. The van der Waals surface area contributed by atoms with Crippen LogP contribution in [0.4, 0.5) is 0 Å². The minimum Gasteiger partial charge on any atom is -0.293 e. The summed E-state index contributed by atoms with van der Waals surface area (Å²) in [6.07, 6.45) is 8.66. The van der Waals surface area contributed by atoms with Crippen molar-refractivity contribution >= 4 is 144 Å². The van der Waals surface area contributed by atoms with Gasteiger partial charge in [-0.2, -0.15) is 0 Å². The Morgan fingerprint density at radius 2 is 0.821 bits per heavy atom. The highest BCUT2D eigenvalue weighted by Gasteiger charge is 2.18. The van der Waals surface area contributed by atoms with E-state index in [2.05, 4.69) is 51.8 Å². The molecule has 0 bridgehead atoms. The van der Waals surface area contributed by atoms with E-state index in [0.29, 0.717) is 25.7 Å². The summed E-state index contributed by atoms with van der Waals surface area (Å²) < 4.78 is 1.91. The molecule has 0 saturated carbocycles. The molecule has 8 nitrogen and oxygen atoms in total. The number of carbonyl (C=O) groups excluding carboxylic acids is 4. The van der Waals surface area contributed by atoms with Crippen LogP contribution in [0.3, 0.4) is 0 Å². The first-order chi connectivity index (χ1) is 37.8. The molecule has 4 aromatic carbocycles. The molecule has 14 heteroatoms. The van der Waals surface area contributed by atoms with Crippen molar-refractivity contribution in [2.24, 2.45) is 0 Å². The lowest BCUT2D eigenvalue weighted by molar-refractivity contribution is 0.0988. The highest BCUT2D eigenvalue weighted by molar-refractivity contribution is 9.11. The van der Waals surface area contributed by atoms with Gasteiger partial charge < -0.3 is 0 Å². The number of benzene rings is 4. The Labute approximate surface area is 485 Å². The van der Waals surface area contributed by atoms with Gasteiger partial charge in [-0.25, -0.2) is 0 Å². The second-order valence-electron chi connectivity index (χ2n) is 18.4. The van der Waals surface area contributed by atoms with Crippen molar-refractivity contribution in [1.29, 1.82) is 0 Å². The Kier molecular flexibility index (Phi) is 18.6. The highest BCUT2D eigenvalue weighted by atomic mass is 79.9. The van der Waals surface area contributed by atoms with E-state index in [1.807, 2.05) is 185 Å². The number of thiophene rings is 4. The largest absolute Gasteiger partial charge is 0.293 e. The van der Waals surface area contributed by atoms with E-state index in [4.69, 9.17) is 0 Å². The van der Waals surface area contributed by atoms with Crippen LogP contribution < -0.4 is 0 Å². The molecule has 12 rings (SSSR count). The number of halogens is 2. The molecule has 0 atom stereocenters. The Bertz CT molecular complexity index is 3970. The van der Waals surface area contributed by atoms with Gasteiger partial charge in [0.05, 0.1) is 45.4 Å². The Balaban J connectivity index is 0.000000126. The molecule has 12 aromatic rings. The van der Waals surface area contributed by atoms with Crippen LogP contribution in [0.25, 0.3) is 43.6 Å². The first-order valence-corrected chi connectivity index (χ1v) is 29.8. The molecule has 0 unspecified atom stereocenters. The molecule has 388 valence electrons. The van der Waals surface area contributed by atoms with Gasteiger partial charge in [0.15, 0.2) is 23.1 Å². The van der Waals surface area contributed by atoms with Crippen molar-refractivity contribution in [3.05, 3.63) is 253 Å². The number of Topliss-reactive ketones (excluding diaryl/α,β-unsaturated/α-hetero) is 4. The lowest BCUT2D eigenvalue weighted by Gasteiger charge is -2.04. The molecule has 0 aliphatic carbocycles. The molecule has 0 N–H and O–H groups in total. The van der Waals surface area contributed by atoms with Crippen molar-refractivity contribution < 1.29 is 19.2 Å².